The highest BCUT2D eigenvalue weighted by Gasteiger charge is 2.36. The van der Waals surface area contributed by atoms with Crippen molar-refractivity contribution >= 4 is 35.0 Å². The van der Waals surface area contributed by atoms with Crippen LogP contribution in [0.4, 0.5) is 11.4 Å². The van der Waals surface area contributed by atoms with Crippen LogP contribution in [0.3, 0.4) is 0 Å². The van der Waals surface area contributed by atoms with Gasteiger partial charge in [-0.15, -0.1) is 0 Å². The number of hydrogen-bond donors (Lipinski definition) is 3. The lowest BCUT2D eigenvalue weighted by Crippen LogP contribution is -2.31. The number of allylic oxidation sites excluding steroid dienone is 2. The Balaban J connectivity index is 1.55. The fourth-order valence-electron chi connectivity index (χ4n) is 4.26. The van der Waals surface area contributed by atoms with Gasteiger partial charge in [-0.1, -0.05) is 43.0 Å². The normalized spacial score (nSPS) is 14.9. The van der Waals surface area contributed by atoms with Crippen LogP contribution in [-0.4, -0.2) is 24.2 Å². The molecule has 0 radical (unpaired) electrons. The molecule has 8 nitrogen and oxygen atoms in total. The van der Waals surface area contributed by atoms with Gasteiger partial charge in [-0.25, -0.2) is 0 Å². The summed E-state index contributed by atoms with van der Waals surface area (Å²) in [5.74, 6) is -0.237. The number of thioether (sulfide) groups is 1. The molecular weight excluding hydrogens is 512 g/mol. The smallest absolute Gasteiger partial charge is 0.254 e. The van der Waals surface area contributed by atoms with Gasteiger partial charge in [-0.3, -0.25) is 9.59 Å². The Morgan fingerprint density at radius 2 is 1.85 bits per heavy atom. The van der Waals surface area contributed by atoms with Crippen molar-refractivity contribution in [3.05, 3.63) is 100 Å². The Kier molecular flexibility index (Phi) is 9.13. The van der Waals surface area contributed by atoms with Gasteiger partial charge in [0.25, 0.3) is 5.91 Å². The first-order valence-electron chi connectivity index (χ1n) is 12.6. The summed E-state index contributed by atoms with van der Waals surface area (Å²) in [6.07, 6.45) is 2.41. The Labute approximate surface area is 232 Å². The van der Waals surface area contributed by atoms with Crippen LogP contribution in [0.25, 0.3) is 0 Å². The number of rotatable bonds is 10. The van der Waals surface area contributed by atoms with Crippen LogP contribution >= 0.6 is 11.8 Å². The van der Waals surface area contributed by atoms with Crippen molar-refractivity contribution in [3.8, 4) is 11.8 Å². The van der Waals surface area contributed by atoms with Crippen molar-refractivity contribution in [2.24, 2.45) is 0 Å². The number of carbonyl (C=O) groups is 2. The predicted molar refractivity (Wildman–Crippen MR) is 153 cm³/mol. The van der Waals surface area contributed by atoms with E-state index in [9.17, 15) is 14.9 Å². The van der Waals surface area contributed by atoms with Gasteiger partial charge in [0.15, 0.2) is 0 Å². The molecule has 2 aromatic carbocycles. The molecule has 2 amide bonds. The molecule has 3 aromatic rings. The van der Waals surface area contributed by atoms with Gasteiger partial charge >= 0.3 is 0 Å². The lowest BCUT2D eigenvalue weighted by atomic mass is 9.85. The first-order valence-corrected chi connectivity index (χ1v) is 13.6. The van der Waals surface area contributed by atoms with Crippen LogP contribution in [-0.2, 0) is 16.0 Å². The van der Waals surface area contributed by atoms with Crippen LogP contribution in [0.5, 0.6) is 5.75 Å². The quantitative estimate of drug-likeness (QED) is 0.290. The Bertz CT molecular complexity index is 1440. The zero-order valence-corrected chi connectivity index (χ0v) is 22.9. The first kappa shape index (κ1) is 27.6. The summed E-state index contributed by atoms with van der Waals surface area (Å²) in [6.45, 7) is 6.20. The SMILES string of the molecule is CCOc1ccccc1NC(=O)CSC1=C(C#N)[C@@H](c2ccco2)C(C(=O)Nc2ccc(CC)cc2)=C(C)N1. The van der Waals surface area contributed by atoms with Crippen LogP contribution in [0.1, 0.15) is 38.0 Å². The third kappa shape index (κ3) is 6.54. The highest BCUT2D eigenvalue weighted by molar-refractivity contribution is 8.03. The van der Waals surface area contributed by atoms with Crippen LogP contribution in [0.15, 0.2) is 93.2 Å². The maximum Gasteiger partial charge on any atom is 0.254 e. The summed E-state index contributed by atoms with van der Waals surface area (Å²) in [6, 6.07) is 20.6. The van der Waals surface area contributed by atoms with Gasteiger partial charge in [-0.2, -0.15) is 5.26 Å². The summed E-state index contributed by atoms with van der Waals surface area (Å²) in [7, 11) is 0. The molecule has 0 fully saturated rings. The van der Waals surface area contributed by atoms with Gasteiger partial charge in [-0.05, 0) is 62.2 Å². The van der Waals surface area contributed by atoms with Gasteiger partial charge in [0.05, 0.1) is 52.5 Å². The molecule has 3 N–H and O–H groups in total. The highest BCUT2D eigenvalue weighted by Crippen LogP contribution is 2.41. The monoisotopic (exact) mass is 542 g/mol. The third-order valence-corrected chi connectivity index (χ3v) is 7.17. The molecular formula is C30H30N4O4S. The minimum Gasteiger partial charge on any atom is -0.492 e. The molecule has 0 unspecified atom stereocenters. The van der Waals surface area contributed by atoms with Crippen LogP contribution in [0, 0.1) is 11.3 Å². The number of amides is 2. The molecule has 0 saturated carbocycles. The lowest BCUT2D eigenvalue weighted by Gasteiger charge is -2.28. The van der Waals surface area contributed by atoms with Crippen molar-refractivity contribution in [3.63, 3.8) is 0 Å². The fourth-order valence-corrected chi connectivity index (χ4v) is 5.16. The zero-order chi connectivity index (χ0) is 27.8. The van der Waals surface area contributed by atoms with Gasteiger partial charge < -0.3 is 25.1 Å². The Morgan fingerprint density at radius 3 is 2.51 bits per heavy atom. The minimum atomic E-state index is -0.731. The van der Waals surface area contributed by atoms with E-state index < -0.39 is 5.92 Å². The second-order valence-corrected chi connectivity index (χ2v) is 9.72. The van der Waals surface area contributed by atoms with Crippen molar-refractivity contribution < 1.29 is 18.7 Å². The van der Waals surface area contributed by atoms with E-state index in [1.807, 2.05) is 43.3 Å². The number of para-hydroxylation sites is 2. The lowest BCUT2D eigenvalue weighted by molar-refractivity contribution is -0.114. The average molecular weight is 543 g/mol. The van der Waals surface area contributed by atoms with Crippen LogP contribution in [0.2, 0.25) is 0 Å². The molecule has 200 valence electrons. The summed E-state index contributed by atoms with van der Waals surface area (Å²) in [5, 5.41) is 19.7. The molecule has 9 heteroatoms. The van der Waals surface area contributed by atoms with E-state index in [0.29, 0.717) is 51.4 Å². The van der Waals surface area contributed by atoms with Crippen molar-refractivity contribution in [1.82, 2.24) is 5.32 Å². The molecule has 1 atom stereocenters. The number of hydrogen-bond acceptors (Lipinski definition) is 7. The maximum absolute atomic E-state index is 13.5. The molecule has 1 aliphatic rings. The number of nitrogens with one attached hydrogen (secondary N) is 3. The van der Waals surface area contributed by atoms with Gasteiger partial charge in [0.2, 0.25) is 5.91 Å². The van der Waals surface area contributed by atoms with E-state index in [-0.39, 0.29) is 17.6 Å². The molecule has 1 aromatic heterocycles. The summed E-state index contributed by atoms with van der Waals surface area (Å²) in [4.78, 5) is 26.3. The topological polar surface area (TPSA) is 116 Å². The van der Waals surface area contributed by atoms with E-state index >= 15 is 0 Å². The van der Waals surface area contributed by atoms with E-state index in [1.165, 1.54) is 18.0 Å². The molecule has 0 spiro atoms. The molecule has 0 bridgehead atoms. The van der Waals surface area contributed by atoms with E-state index in [0.717, 1.165) is 12.0 Å². The molecule has 2 heterocycles. The van der Waals surface area contributed by atoms with Crippen molar-refractivity contribution in [1.29, 1.82) is 5.26 Å². The number of nitrogens with zero attached hydrogens (tertiary/aromatic N) is 1. The van der Waals surface area contributed by atoms with Crippen molar-refractivity contribution in [2.45, 2.75) is 33.1 Å². The van der Waals surface area contributed by atoms with Gasteiger partial charge in [0.1, 0.15) is 11.5 Å². The summed E-state index contributed by atoms with van der Waals surface area (Å²) < 4.78 is 11.3. The number of benzene rings is 2. The molecule has 4 rings (SSSR count). The summed E-state index contributed by atoms with van der Waals surface area (Å²) in [5.41, 5.74) is 3.64. The Morgan fingerprint density at radius 1 is 1.08 bits per heavy atom. The van der Waals surface area contributed by atoms with Crippen LogP contribution < -0.4 is 20.7 Å². The molecule has 0 saturated heterocycles. The average Bonchev–Trinajstić information content (AvgIpc) is 3.48. The zero-order valence-electron chi connectivity index (χ0n) is 22.0. The molecule has 0 aliphatic carbocycles. The van der Waals surface area contributed by atoms with E-state index in [1.54, 1.807) is 31.2 Å². The fraction of sp³-hybridized carbons (Fsp3) is 0.233. The maximum atomic E-state index is 13.5. The van der Waals surface area contributed by atoms with Crippen molar-refractivity contribution in [2.75, 3.05) is 23.0 Å². The number of ether oxygens (including phenoxy) is 1. The van der Waals surface area contributed by atoms with E-state index in [4.69, 9.17) is 9.15 Å². The number of aryl methyl sites for hydroxylation is 1. The number of anilines is 2. The first-order chi connectivity index (χ1) is 18.9. The largest absolute Gasteiger partial charge is 0.492 e. The summed E-state index contributed by atoms with van der Waals surface area (Å²) >= 11 is 1.19. The highest BCUT2D eigenvalue weighted by atomic mass is 32.2. The predicted octanol–water partition coefficient (Wildman–Crippen LogP) is 5.95. The molecule has 1 aliphatic heterocycles. The second kappa shape index (κ2) is 12.9. The second-order valence-electron chi connectivity index (χ2n) is 8.74. The number of carbonyl (C=O) groups excluding carboxylic acids is 2. The van der Waals surface area contributed by atoms with E-state index in [2.05, 4.69) is 28.9 Å². The molecule has 39 heavy (non-hydrogen) atoms. The number of furan rings is 1. The van der Waals surface area contributed by atoms with Gasteiger partial charge in [0, 0.05) is 11.4 Å². The minimum absolute atomic E-state index is 0.0391. The third-order valence-electron chi connectivity index (χ3n) is 6.15. The standard InChI is InChI=1S/C30H30N4O4S/c1-4-20-12-14-21(15-13-20)33-29(36)27-19(3)32-30(22(17-31)28(27)25-11-8-16-38-25)39-18-26(35)34-23-9-6-7-10-24(23)37-5-2/h6-16,28,32H,4-5,18H2,1-3H3,(H,33,36)(H,34,35)/t28-/m0/s1. The number of dihydropyridines is 1. The number of nitriles is 1. The Hall–Kier alpha value is -4.42.